The third kappa shape index (κ3) is 3.90. The van der Waals surface area contributed by atoms with E-state index in [1.165, 1.54) is 0 Å². The van der Waals surface area contributed by atoms with Crippen LogP contribution in [0.5, 0.6) is 0 Å². The summed E-state index contributed by atoms with van der Waals surface area (Å²) >= 11 is 0. The van der Waals surface area contributed by atoms with Crippen molar-refractivity contribution in [3.63, 3.8) is 0 Å². The van der Waals surface area contributed by atoms with Gasteiger partial charge in [-0.2, -0.15) is 0 Å². The third-order valence-electron chi connectivity index (χ3n) is 2.36. The molecule has 0 saturated heterocycles. The molecule has 2 N–H and O–H groups in total. The molecule has 0 aromatic heterocycles. The molecule has 0 aliphatic carbocycles. The van der Waals surface area contributed by atoms with E-state index < -0.39 is 0 Å². The second-order valence-electron chi connectivity index (χ2n) is 3.81. The van der Waals surface area contributed by atoms with E-state index in [1.54, 1.807) is 14.0 Å². The van der Waals surface area contributed by atoms with Gasteiger partial charge in [0.1, 0.15) is 0 Å². The lowest BCUT2D eigenvalue weighted by atomic mass is 10.1. The Bertz CT molecular complexity index is 299. The second-order valence-corrected chi connectivity index (χ2v) is 3.81. The molecule has 1 aromatic carbocycles. The molecule has 0 heterocycles. The van der Waals surface area contributed by atoms with Crippen LogP contribution >= 0.6 is 0 Å². The second kappa shape index (κ2) is 5.73. The number of nitrogens with one attached hydrogen (secondary N) is 1. The quantitative estimate of drug-likeness (QED) is 0.779. The summed E-state index contributed by atoms with van der Waals surface area (Å²) in [7, 11) is 1.68. The van der Waals surface area contributed by atoms with Gasteiger partial charge in [-0.1, -0.05) is 12.1 Å². The van der Waals surface area contributed by atoms with Crippen LogP contribution in [-0.2, 0) is 11.3 Å². The van der Waals surface area contributed by atoms with E-state index in [2.05, 4.69) is 5.32 Å². The minimum atomic E-state index is -0.365. The number of rotatable bonds is 5. The highest BCUT2D eigenvalue weighted by Gasteiger charge is 2.07. The van der Waals surface area contributed by atoms with Gasteiger partial charge in [0.2, 0.25) is 0 Å². The van der Waals surface area contributed by atoms with Gasteiger partial charge in [-0.3, -0.25) is 0 Å². The van der Waals surface area contributed by atoms with Crippen LogP contribution in [0.25, 0.3) is 0 Å². The summed E-state index contributed by atoms with van der Waals surface area (Å²) in [6.45, 7) is 4.34. The van der Waals surface area contributed by atoms with Crippen molar-refractivity contribution in [2.45, 2.75) is 32.6 Å². The molecule has 84 valence electrons. The molecule has 15 heavy (non-hydrogen) atoms. The summed E-state index contributed by atoms with van der Waals surface area (Å²) < 4.78 is 5.06. The van der Waals surface area contributed by atoms with Crippen LogP contribution in [-0.4, -0.2) is 24.4 Å². The van der Waals surface area contributed by atoms with Crippen LogP contribution in [0, 0.1) is 0 Å². The van der Waals surface area contributed by atoms with Crippen molar-refractivity contribution in [3.8, 4) is 0 Å². The van der Waals surface area contributed by atoms with E-state index in [0.717, 1.165) is 11.3 Å². The predicted molar refractivity (Wildman–Crippen MR) is 61.9 cm³/mol. The van der Waals surface area contributed by atoms with Crippen molar-refractivity contribution in [2.75, 3.05) is 12.4 Å². The van der Waals surface area contributed by atoms with Crippen molar-refractivity contribution in [2.24, 2.45) is 0 Å². The van der Waals surface area contributed by atoms with Crippen LogP contribution < -0.4 is 5.32 Å². The molecule has 0 radical (unpaired) electrons. The highest BCUT2D eigenvalue weighted by molar-refractivity contribution is 5.46. The molecule has 2 unspecified atom stereocenters. The Hall–Kier alpha value is -1.06. The lowest BCUT2D eigenvalue weighted by molar-refractivity contribution is 0.177. The fraction of sp³-hybridized carbons (Fsp3) is 0.500. The number of aliphatic hydroxyl groups excluding tert-OH is 1. The van der Waals surface area contributed by atoms with E-state index in [-0.39, 0.29) is 12.1 Å². The van der Waals surface area contributed by atoms with E-state index in [0.29, 0.717) is 6.61 Å². The number of hydrogen-bond donors (Lipinski definition) is 2. The SMILES string of the molecule is COCc1cccc(NC(C)C(C)O)c1. The van der Waals surface area contributed by atoms with Crippen molar-refractivity contribution in [1.29, 1.82) is 0 Å². The molecule has 3 nitrogen and oxygen atoms in total. The first-order valence-electron chi connectivity index (χ1n) is 5.16. The first-order chi connectivity index (χ1) is 7.13. The Balaban J connectivity index is 2.64. The smallest absolute Gasteiger partial charge is 0.0713 e. The molecular formula is C12H19NO2. The monoisotopic (exact) mass is 209 g/mol. The van der Waals surface area contributed by atoms with Gasteiger partial charge in [0.25, 0.3) is 0 Å². The van der Waals surface area contributed by atoms with Crippen molar-refractivity contribution < 1.29 is 9.84 Å². The number of anilines is 1. The maximum atomic E-state index is 9.37. The van der Waals surface area contributed by atoms with Crippen LogP contribution in [0.1, 0.15) is 19.4 Å². The molecule has 0 aliphatic heterocycles. The zero-order valence-corrected chi connectivity index (χ0v) is 9.53. The number of benzene rings is 1. The maximum absolute atomic E-state index is 9.37. The summed E-state index contributed by atoms with van der Waals surface area (Å²) in [6.07, 6.45) is -0.365. The molecule has 0 bridgehead atoms. The normalized spacial score (nSPS) is 14.7. The summed E-state index contributed by atoms with van der Waals surface area (Å²) in [4.78, 5) is 0. The highest BCUT2D eigenvalue weighted by atomic mass is 16.5. The van der Waals surface area contributed by atoms with Crippen LogP contribution in [0.2, 0.25) is 0 Å². The Labute approximate surface area is 91.1 Å². The lowest BCUT2D eigenvalue weighted by Gasteiger charge is -2.18. The molecule has 3 heteroatoms. The third-order valence-corrected chi connectivity index (χ3v) is 2.36. The number of methoxy groups -OCH3 is 1. The Morgan fingerprint density at radius 1 is 1.40 bits per heavy atom. The summed E-state index contributed by atoms with van der Waals surface area (Å²) in [5.41, 5.74) is 2.14. The highest BCUT2D eigenvalue weighted by Crippen LogP contribution is 2.13. The first kappa shape index (κ1) is 12.0. The summed E-state index contributed by atoms with van der Waals surface area (Å²) in [5.74, 6) is 0. The fourth-order valence-electron chi connectivity index (χ4n) is 1.30. The minimum Gasteiger partial charge on any atom is -0.391 e. The van der Waals surface area contributed by atoms with Gasteiger partial charge in [-0.25, -0.2) is 0 Å². The van der Waals surface area contributed by atoms with E-state index in [4.69, 9.17) is 4.74 Å². The molecule has 0 saturated carbocycles. The van der Waals surface area contributed by atoms with E-state index in [9.17, 15) is 5.11 Å². The standard InChI is InChI=1S/C12H19NO2/c1-9(10(2)14)13-12-6-4-5-11(7-12)8-15-3/h4-7,9-10,13-14H,8H2,1-3H3. The summed E-state index contributed by atoms with van der Waals surface area (Å²) in [5, 5.41) is 12.6. The number of hydrogen-bond acceptors (Lipinski definition) is 3. The molecule has 2 atom stereocenters. The molecule has 0 fully saturated rings. The van der Waals surface area contributed by atoms with Crippen molar-refractivity contribution >= 4 is 5.69 Å². The van der Waals surface area contributed by atoms with Gasteiger partial charge in [0.15, 0.2) is 0 Å². The zero-order valence-electron chi connectivity index (χ0n) is 9.53. The largest absolute Gasteiger partial charge is 0.391 e. The minimum absolute atomic E-state index is 0.0443. The van der Waals surface area contributed by atoms with E-state index >= 15 is 0 Å². The molecule has 0 amide bonds. The average Bonchev–Trinajstić information content (AvgIpc) is 2.18. The molecule has 0 spiro atoms. The van der Waals surface area contributed by atoms with Crippen molar-refractivity contribution in [3.05, 3.63) is 29.8 Å². The summed E-state index contributed by atoms with van der Waals surface area (Å²) in [6, 6.07) is 8.05. The Morgan fingerprint density at radius 3 is 2.73 bits per heavy atom. The molecular weight excluding hydrogens is 190 g/mol. The lowest BCUT2D eigenvalue weighted by Crippen LogP contribution is -2.27. The Kier molecular flexibility index (Phi) is 4.59. The van der Waals surface area contributed by atoms with Crippen molar-refractivity contribution in [1.82, 2.24) is 0 Å². The number of aliphatic hydroxyl groups is 1. The van der Waals surface area contributed by atoms with Crippen LogP contribution in [0.15, 0.2) is 24.3 Å². The zero-order chi connectivity index (χ0) is 11.3. The molecule has 1 rings (SSSR count). The van der Waals surface area contributed by atoms with Gasteiger partial charge in [0, 0.05) is 18.8 Å². The predicted octanol–water partition coefficient (Wildman–Crippen LogP) is 2.01. The molecule has 1 aromatic rings. The molecule has 0 aliphatic rings. The maximum Gasteiger partial charge on any atom is 0.0713 e. The fourth-order valence-corrected chi connectivity index (χ4v) is 1.30. The average molecular weight is 209 g/mol. The van der Waals surface area contributed by atoms with E-state index in [1.807, 2.05) is 31.2 Å². The van der Waals surface area contributed by atoms with Gasteiger partial charge >= 0.3 is 0 Å². The van der Waals surface area contributed by atoms with Gasteiger partial charge in [0.05, 0.1) is 12.7 Å². The van der Waals surface area contributed by atoms with Gasteiger partial charge < -0.3 is 15.2 Å². The first-order valence-corrected chi connectivity index (χ1v) is 5.16. The topological polar surface area (TPSA) is 41.5 Å². The van der Waals surface area contributed by atoms with Crippen LogP contribution in [0.3, 0.4) is 0 Å². The Morgan fingerprint density at radius 2 is 2.13 bits per heavy atom. The number of ether oxygens (including phenoxy) is 1. The van der Waals surface area contributed by atoms with Gasteiger partial charge in [-0.15, -0.1) is 0 Å². The van der Waals surface area contributed by atoms with Gasteiger partial charge in [-0.05, 0) is 31.5 Å². The van der Waals surface area contributed by atoms with Crippen LogP contribution in [0.4, 0.5) is 5.69 Å².